The number of fused-ring (bicyclic) bond motifs is 3. The largest absolute Gasteiger partial charge is 0.339 e. The van der Waals surface area contributed by atoms with Crippen LogP contribution in [0.25, 0.3) is 10.9 Å². The summed E-state index contributed by atoms with van der Waals surface area (Å²) in [5.74, 6) is 0.888. The van der Waals surface area contributed by atoms with E-state index in [4.69, 9.17) is 0 Å². The lowest BCUT2D eigenvalue weighted by Crippen LogP contribution is -2.37. The van der Waals surface area contributed by atoms with Gasteiger partial charge in [0.1, 0.15) is 5.03 Å². The molecule has 0 radical (unpaired) electrons. The zero-order valence-electron chi connectivity index (χ0n) is 17.0. The van der Waals surface area contributed by atoms with Crippen molar-refractivity contribution in [3.63, 3.8) is 0 Å². The standard InChI is InChI=1S/C22H27N5OS/c1-15-6-9-26(10-7-15)22(28)16-3-4-19-17(11-16)18-12-23-8-5-20(18)27(19)29-21-13-25(2)14-24-21/h3-4,11,13-15,23H,5-10,12H2,1-2H3. The second kappa shape index (κ2) is 7.54. The molecule has 3 aromatic rings. The Morgan fingerprint density at radius 3 is 2.86 bits per heavy atom. The molecule has 29 heavy (non-hydrogen) atoms. The van der Waals surface area contributed by atoms with Crippen LogP contribution in [0.2, 0.25) is 0 Å². The number of aromatic nitrogens is 3. The third-order valence-electron chi connectivity index (χ3n) is 6.16. The molecular formula is C22H27N5OS. The van der Waals surface area contributed by atoms with Gasteiger partial charge in [0.25, 0.3) is 5.91 Å². The second-order valence-electron chi connectivity index (χ2n) is 8.32. The lowest BCUT2D eigenvalue weighted by Gasteiger charge is -2.30. The van der Waals surface area contributed by atoms with Crippen molar-refractivity contribution in [3.8, 4) is 0 Å². The summed E-state index contributed by atoms with van der Waals surface area (Å²) >= 11 is 1.66. The van der Waals surface area contributed by atoms with Gasteiger partial charge in [0.2, 0.25) is 0 Å². The Bertz CT molecular complexity index is 1060. The molecule has 1 N–H and O–H groups in total. The van der Waals surface area contributed by atoms with Crippen LogP contribution >= 0.6 is 11.9 Å². The highest BCUT2D eigenvalue weighted by atomic mass is 32.2. The molecular weight excluding hydrogens is 382 g/mol. The summed E-state index contributed by atoms with van der Waals surface area (Å²) in [4.78, 5) is 19.6. The molecule has 2 aliphatic heterocycles. The third kappa shape index (κ3) is 3.46. The number of rotatable bonds is 3. The number of piperidine rings is 1. The van der Waals surface area contributed by atoms with Crippen LogP contribution in [0, 0.1) is 5.92 Å². The Balaban J connectivity index is 1.53. The number of likely N-dealkylation sites (tertiary alicyclic amines) is 1. The molecule has 0 spiro atoms. The first-order valence-corrected chi connectivity index (χ1v) is 11.2. The molecule has 2 aliphatic rings. The summed E-state index contributed by atoms with van der Waals surface area (Å²) in [6.07, 6.45) is 7.06. The number of hydrogen-bond donors (Lipinski definition) is 1. The Labute approximate surface area is 175 Å². The number of carbonyl (C=O) groups is 1. The van der Waals surface area contributed by atoms with Gasteiger partial charge in [-0.15, -0.1) is 0 Å². The lowest BCUT2D eigenvalue weighted by atomic mass is 9.98. The van der Waals surface area contributed by atoms with E-state index < -0.39 is 0 Å². The fourth-order valence-corrected chi connectivity index (χ4v) is 5.47. The van der Waals surface area contributed by atoms with Crippen molar-refractivity contribution < 1.29 is 4.79 Å². The van der Waals surface area contributed by atoms with Crippen LogP contribution in [-0.2, 0) is 20.0 Å². The molecule has 0 aliphatic carbocycles. The Morgan fingerprint density at radius 2 is 2.10 bits per heavy atom. The molecule has 2 aromatic heterocycles. The molecule has 5 rings (SSSR count). The minimum atomic E-state index is 0.168. The van der Waals surface area contributed by atoms with Crippen molar-refractivity contribution in [2.45, 2.75) is 37.8 Å². The van der Waals surface area contributed by atoms with Gasteiger partial charge in [0.05, 0.1) is 11.8 Å². The molecule has 152 valence electrons. The predicted molar refractivity (Wildman–Crippen MR) is 116 cm³/mol. The van der Waals surface area contributed by atoms with E-state index in [1.807, 2.05) is 35.1 Å². The SMILES string of the molecule is CC1CCN(C(=O)c2ccc3c(c2)c2c(n3Sc3cn(C)cn3)CCNC2)CC1. The van der Waals surface area contributed by atoms with Crippen LogP contribution in [0.5, 0.6) is 0 Å². The van der Waals surface area contributed by atoms with Crippen molar-refractivity contribution in [1.29, 1.82) is 0 Å². The van der Waals surface area contributed by atoms with Crippen molar-refractivity contribution >= 4 is 28.8 Å². The van der Waals surface area contributed by atoms with E-state index in [2.05, 4.69) is 33.3 Å². The Hall–Kier alpha value is -2.25. The average Bonchev–Trinajstić information content (AvgIpc) is 3.29. The van der Waals surface area contributed by atoms with Gasteiger partial charge < -0.3 is 14.8 Å². The van der Waals surface area contributed by atoms with Crippen LogP contribution in [0.1, 0.15) is 41.4 Å². The first-order valence-electron chi connectivity index (χ1n) is 10.4. The fourth-order valence-electron chi connectivity index (χ4n) is 4.41. The molecule has 1 amide bonds. The molecule has 0 saturated carbocycles. The average molecular weight is 410 g/mol. The van der Waals surface area contributed by atoms with Crippen LogP contribution in [0.3, 0.4) is 0 Å². The summed E-state index contributed by atoms with van der Waals surface area (Å²) in [7, 11) is 1.99. The topological polar surface area (TPSA) is 55.1 Å². The lowest BCUT2D eigenvalue weighted by molar-refractivity contribution is 0.0697. The number of amides is 1. The van der Waals surface area contributed by atoms with Crippen LogP contribution in [0.15, 0.2) is 35.7 Å². The van der Waals surface area contributed by atoms with E-state index in [-0.39, 0.29) is 5.91 Å². The van der Waals surface area contributed by atoms with Gasteiger partial charge in [-0.1, -0.05) is 6.92 Å². The molecule has 1 saturated heterocycles. The normalized spacial score (nSPS) is 17.7. The maximum Gasteiger partial charge on any atom is 0.253 e. The minimum absolute atomic E-state index is 0.168. The summed E-state index contributed by atoms with van der Waals surface area (Å²) in [6, 6.07) is 6.22. The highest BCUT2D eigenvalue weighted by Gasteiger charge is 2.25. The number of benzene rings is 1. The van der Waals surface area contributed by atoms with E-state index in [0.717, 1.165) is 67.5 Å². The van der Waals surface area contributed by atoms with Crippen molar-refractivity contribution in [2.75, 3.05) is 19.6 Å². The molecule has 0 bridgehead atoms. The third-order valence-corrected chi connectivity index (χ3v) is 7.16. The van der Waals surface area contributed by atoms with Gasteiger partial charge in [-0.25, -0.2) is 4.98 Å². The number of hydrogen-bond acceptors (Lipinski definition) is 4. The Morgan fingerprint density at radius 1 is 1.28 bits per heavy atom. The van der Waals surface area contributed by atoms with Crippen LogP contribution in [-0.4, -0.2) is 44.0 Å². The number of nitrogens with zero attached hydrogens (tertiary/aromatic N) is 4. The quantitative estimate of drug-likeness (QED) is 0.720. The van der Waals surface area contributed by atoms with E-state index in [1.165, 1.54) is 16.6 Å². The van der Waals surface area contributed by atoms with Gasteiger partial charge in [-0.2, -0.15) is 0 Å². The molecule has 7 heteroatoms. The number of nitrogens with one attached hydrogen (secondary N) is 1. The highest BCUT2D eigenvalue weighted by molar-refractivity contribution is 7.98. The first-order chi connectivity index (χ1) is 14.1. The zero-order chi connectivity index (χ0) is 20.0. The molecule has 0 unspecified atom stereocenters. The van der Waals surface area contributed by atoms with E-state index in [0.29, 0.717) is 0 Å². The molecule has 0 atom stereocenters. The predicted octanol–water partition coefficient (Wildman–Crippen LogP) is 3.45. The summed E-state index contributed by atoms with van der Waals surface area (Å²) in [5, 5.41) is 5.66. The monoisotopic (exact) mass is 409 g/mol. The van der Waals surface area contributed by atoms with E-state index in [9.17, 15) is 4.79 Å². The summed E-state index contributed by atoms with van der Waals surface area (Å²) in [6.45, 7) is 5.84. The van der Waals surface area contributed by atoms with Gasteiger partial charge >= 0.3 is 0 Å². The van der Waals surface area contributed by atoms with E-state index >= 15 is 0 Å². The van der Waals surface area contributed by atoms with Gasteiger partial charge in [-0.3, -0.25) is 8.77 Å². The smallest absolute Gasteiger partial charge is 0.253 e. The number of aryl methyl sites for hydroxylation is 1. The Kier molecular flexibility index (Phi) is 4.87. The van der Waals surface area contributed by atoms with Gasteiger partial charge in [-0.05, 0) is 42.5 Å². The number of imidazole rings is 1. The first kappa shape index (κ1) is 18.8. The maximum absolute atomic E-state index is 13.1. The number of carbonyl (C=O) groups excluding carboxylic acids is 1. The van der Waals surface area contributed by atoms with Crippen molar-refractivity contribution in [3.05, 3.63) is 47.5 Å². The zero-order valence-corrected chi connectivity index (χ0v) is 17.8. The van der Waals surface area contributed by atoms with Crippen molar-refractivity contribution in [2.24, 2.45) is 13.0 Å². The fraction of sp³-hybridized carbons (Fsp3) is 0.455. The maximum atomic E-state index is 13.1. The van der Waals surface area contributed by atoms with Gasteiger partial charge in [0.15, 0.2) is 0 Å². The molecule has 6 nitrogen and oxygen atoms in total. The van der Waals surface area contributed by atoms with Crippen LogP contribution in [0.4, 0.5) is 0 Å². The molecule has 4 heterocycles. The van der Waals surface area contributed by atoms with Crippen molar-refractivity contribution in [1.82, 2.24) is 23.7 Å². The van der Waals surface area contributed by atoms with Gasteiger partial charge in [0, 0.05) is 74.4 Å². The van der Waals surface area contributed by atoms with Crippen LogP contribution < -0.4 is 5.32 Å². The summed E-state index contributed by atoms with van der Waals surface area (Å²) < 4.78 is 4.28. The second-order valence-corrected chi connectivity index (χ2v) is 9.29. The molecule has 1 aromatic carbocycles. The van der Waals surface area contributed by atoms with E-state index in [1.54, 1.807) is 11.9 Å². The molecule has 1 fully saturated rings. The summed E-state index contributed by atoms with van der Waals surface area (Å²) in [5.41, 5.74) is 4.63. The minimum Gasteiger partial charge on any atom is -0.339 e. The highest BCUT2D eigenvalue weighted by Crippen LogP contribution is 2.35.